The molecule has 0 amide bonds. The zero-order valence-corrected chi connectivity index (χ0v) is 30.3. The molecule has 2 aliphatic rings. The van der Waals surface area contributed by atoms with Gasteiger partial charge in [0.15, 0.2) is 0 Å². The van der Waals surface area contributed by atoms with Gasteiger partial charge >= 0.3 is 0 Å². The smallest absolute Gasteiger partial charge is 0.142 e. The lowest BCUT2D eigenvalue weighted by Crippen LogP contribution is -2.29. The average Bonchev–Trinajstić information content (AvgIpc) is 3.54. The van der Waals surface area contributed by atoms with E-state index in [-0.39, 0.29) is 0 Å². The molecule has 0 aromatic heterocycles. The van der Waals surface area contributed by atoms with Crippen molar-refractivity contribution in [1.82, 2.24) is 0 Å². The molecule has 10 rings (SSSR count). The molecule has 250 valence electrons. The largest absolute Gasteiger partial charge is 0.376 e. The van der Waals surface area contributed by atoms with Crippen LogP contribution in [0.2, 0.25) is 20.1 Å². The Morgan fingerprint density at radius 3 is 0.827 bits per heavy atom. The molecule has 52 heavy (non-hydrogen) atoms. The number of hydrogen-bond donors (Lipinski definition) is 2. The van der Waals surface area contributed by atoms with Gasteiger partial charge < -0.3 is 10.2 Å². The predicted octanol–water partition coefficient (Wildman–Crippen LogP) is 12.8. The fraction of sp³-hybridized carbons (Fsp3) is 0.0435. The fourth-order valence-corrected chi connectivity index (χ4v) is 9.29. The van der Waals surface area contributed by atoms with Gasteiger partial charge in [0.25, 0.3) is 0 Å². The van der Waals surface area contributed by atoms with Gasteiger partial charge in [-0.25, -0.2) is 0 Å². The van der Waals surface area contributed by atoms with Crippen molar-refractivity contribution in [2.24, 2.45) is 0 Å². The molecule has 0 spiro atoms. The highest BCUT2D eigenvalue weighted by Crippen LogP contribution is 2.58. The highest BCUT2D eigenvalue weighted by molar-refractivity contribution is 6.32. The maximum atomic E-state index is 13.5. The molecule has 0 atom stereocenters. The molecule has 2 N–H and O–H groups in total. The van der Waals surface area contributed by atoms with Crippen LogP contribution in [0.4, 0.5) is 0 Å². The number of halogens is 4. The lowest BCUT2D eigenvalue weighted by atomic mass is 9.75. The minimum absolute atomic E-state index is 0.507. The normalized spacial score (nSPS) is 14.7. The second kappa shape index (κ2) is 11.4. The maximum Gasteiger partial charge on any atom is 0.142 e. The van der Waals surface area contributed by atoms with E-state index in [4.69, 9.17) is 46.4 Å². The molecule has 2 nitrogen and oxygen atoms in total. The van der Waals surface area contributed by atoms with Gasteiger partial charge in [0.2, 0.25) is 0 Å². The van der Waals surface area contributed by atoms with Crippen LogP contribution in [0, 0.1) is 0 Å². The Morgan fingerprint density at radius 1 is 0.288 bits per heavy atom. The Morgan fingerprint density at radius 2 is 0.538 bits per heavy atom. The Balaban J connectivity index is 1.37. The summed E-state index contributed by atoms with van der Waals surface area (Å²) in [4.78, 5) is 0. The third-order valence-corrected chi connectivity index (χ3v) is 11.8. The Kier molecular flexibility index (Phi) is 7.04. The number of hydrogen-bond acceptors (Lipinski definition) is 2. The van der Waals surface area contributed by atoms with Crippen LogP contribution in [0.3, 0.4) is 0 Å². The van der Waals surface area contributed by atoms with Crippen molar-refractivity contribution in [3.8, 4) is 33.4 Å². The molecule has 2 aliphatic carbocycles. The molecule has 6 heteroatoms. The zero-order valence-electron chi connectivity index (χ0n) is 27.3. The van der Waals surface area contributed by atoms with Gasteiger partial charge in [-0.1, -0.05) is 119 Å². The first-order chi connectivity index (χ1) is 25.1. The third kappa shape index (κ3) is 4.47. The molecule has 0 radical (unpaired) electrons. The van der Waals surface area contributed by atoms with Crippen LogP contribution in [0.25, 0.3) is 54.9 Å². The molecule has 8 aromatic rings. The van der Waals surface area contributed by atoms with Gasteiger partial charge in [-0.15, -0.1) is 0 Å². The minimum atomic E-state index is -1.66. The van der Waals surface area contributed by atoms with Crippen LogP contribution in [-0.2, 0) is 11.2 Å². The number of rotatable bonds is 3. The van der Waals surface area contributed by atoms with Gasteiger partial charge in [0.1, 0.15) is 11.2 Å². The molecule has 0 unspecified atom stereocenters. The summed E-state index contributed by atoms with van der Waals surface area (Å²) in [6.07, 6.45) is 0. The molecular formula is C46H26Cl4O2. The van der Waals surface area contributed by atoms with E-state index in [0.717, 1.165) is 54.9 Å². The van der Waals surface area contributed by atoms with Crippen molar-refractivity contribution in [3.63, 3.8) is 0 Å². The van der Waals surface area contributed by atoms with Gasteiger partial charge in [0.05, 0.1) is 0 Å². The van der Waals surface area contributed by atoms with Crippen LogP contribution in [-0.4, -0.2) is 10.2 Å². The molecule has 8 aromatic carbocycles. The van der Waals surface area contributed by atoms with Crippen molar-refractivity contribution < 1.29 is 10.2 Å². The third-order valence-electron chi connectivity index (χ3n) is 10.9. The van der Waals surface area contributed by atoms with E-state index < -0.39 is 11.2 Å². The predicted molar refractivity (Wildman–Crippen MR) is 215 cm³/mol. The highest BCUT2D eigenvalue weighted by atomic mass is 35.5. The first-order valence-electron chi connectivity index (χ1n) is 16.9. The molecule has 0 bridgehead atoms. The lowest BCUT2D eigenvalue weighted by Gasteiger charge is -2.33. The van der Waals surface area contributed by atoms with Gasteiger partial charge in [-0.3, -0.25) is 0 Å². The first kappa shape index (κ1) is 32.0. The summed E-state index contributed by atoms with van der Waals surface area (Å²) in [7, 11) is 0. The second-order valence-corrected chi connectivity index (χ2v) is 15.4. The summed E-state index contributed by atoms with van der Waals surface area (Å²) in [6.45, 7) is 0. The number of benzene rings is 8. The van der Waals surface area contributed by atoms with E-state index >= 15 is 0 Å². The van der Waals surface area contributed by atoms with E-state index in [1.807, 2.05) is 109 Å². The Labute approximate surface area is 320 Å². The standard InChI is InChI=1S/C46H26Cl4O2/c47-29-9-13-33-34-14-10-30(48)22-42(34)45(51,41(33)21-29)39-19-27-7-3-1-5-25(27)17-37(39)38-18-26-6-2-4-8-28(26)20-40(38)46(52)43-23-31(49)11-15-35(43)36-16-12-32(50)24-44(36)46/h1-24,51-52H. The monoisotopic (exact) mass is 750 g/mol. The van der Waals surface area contributed by atoms with Crippen LogP contribution < -0.4 is 0 Å². The summed E-state index contributed by atoms with van der Waals surface area (Å²) in [5, 5.41) is 32.9. The minimum Gasteiger partial charge on any atom is -0.376 e. The number of aliphatic hydroxyl groups is 2. The number of fused-ring (bicyclic) bond motifs is 8. The van der Waals surface area contributed by atoms with Gasteiger partial charge in [-0.2, -0.15) is 0 Å². The Hall–Kier alpha value is -4.64. The summed E-state index contributed by atoms with van der Waals surface area (Å²) < 4.78 is 0. The fourth-order valence-electron chi connectivity index (χ4n) is 8.60. The molecule has 0 saturated heterocycles. The molecule has 0 saturated carbocycles. The van der Waals surface area contributed by atoms with E-state index in [1.165, 1.54) is 0 Å². The van der Waals surface area contributed by atoms with Crippen LogP contribution in [0.1, 0.15) is 33.4 Å². The topological polar surface area (TPSA) is 40.5 Å². The van der Waals surface area contributed by atoms with Crippen molar-refractivity contribution in [2.75, 3.05) is 0 Å². The van der Waals surface area contributed by atoms with Gasteiger partial charge in [0, 0.05) is 53.5 Å². The van der Waals surface area contributed by atoms with E-state index in [1.54, 1.807) is 0 Å². The summed E-state index contributed by atoms with van der Waals surface area (Å²) in [5.74, 6) is 0. The van der Waals surface area contributed by atoms with Crippen molar-refractivity contribution in [3.05, 3.63) is 199 Å². The summed E-state index contributed by atoms with van der Waals surface area (Å²) >= 11 is 26.8. The molecule has 0 heterocycles. The molecule has 0 fully saturated rings. The van der Waals surface area contributed by atoms with E-state index in [9.17, 15) is 10.2 Å². The SMILES string of the molecule is OC1(c2cc3ccccc3cc2-c2cc3ccccc3cc2C2(O)c3cc(Cl)ccc3-c3ccc(Cl)cc32)c2cc(Cl)ccc2-c2ccc(Cl)cc21. The average molecular weight is 753 g/mol. The van der Waals surface area contributed by atoms with Crippen molar-refractivity contribution in [2.45, 2.75) is 11.2 Å². The van der Waals surface area contributed by atoms with E-state index in [2.05, 4.69) is 36.4 Å². The van der Waals surface area contributed by atoms with Crippen molar-refractivity contribution in [1.29, 1.82) is 0 Å². The molecule has 0 aliphatic heterocycles. The molecular weight excluding hydrogens is 726 g/mol. The first-order valence-corrected chi connectivity index (χ1v) is 18.4. The zero-order chi connectivity index (χ0) is 35.5. The Bertz CT molecular complexity index is 2540. The second-order valence-electron chi connectivity index (χ2n) is 13.7. The van der Waals surface area contributed by atoms with Crippen LogP contribution in [0.5, 0.6) is 0 Å². The maximum absolute atomic E-state index is 13.5. The summed E-state index contributed by atoms with van der Waals surface area (Å²) in [6, 6.07) is 47.1. The highest BCUT2D eigenvalue weighted by Gasteiger charge is 2.48. The summed E-state index contributed by atoms with van der Waals surface area (Å²) in [5.41, 5.74) is 5.54. The lowest BCUT2D eigenvalue weighted by molar-refractivity contribution is 0.129. The van der Waals surface area contributed by atoms with Gasteiger partial charge in [-0.05, 0) is 128 Å². The van der Waals surface area contributed by atoms with Crippen molar-refractivity contribution >= 4 is 67.9 Å². The van der Waals surface area contributed by atoms with Crippen LogP contribution in [0.15, 0.2) is 146 Å². The quantitative estimate of drug-likeness (QED) is 0.189. The van der Waals surface area contributed by atoms with E-state index in [0.29, 0.717) is 53.5 Å². The van der Waals surface area contributed by atoms with Crippen LogP contribution >= 0.6 is 46.4 Å².